The monoisotopic (exact) mass is 367 g/mol. The molecular formula is C18H16F3NO4. The van der Waals surface area contributed by atoms with E-state index in [1.54, 1.807) is 13.0 Å². The average Bonchev–Trinajstić information content (AvgIpc) is 2.60. The lowest BCUT2D eigenvalue weighted by Crippen LogP contribution is -2.18. The second-order valence-electron chi connectivity index (χ2n) is 5.12. The highest BCUT2D eigenvalue weighted by Gasteiger charge is 2.34. The van der Waals surface area contributed by atoms with Gasteiger partial charge in [-0.05, 0) is 31.2 Å². The molecule has 0 atom stereocenters. The molecule has 138 valence electrons. The summed E-state index contributed by atoms with van der Waals surface area (Å²) in [6.45, 7) is 1.56. The Balaban J connectivity index is 2.11. The number of anilines is 1. The fraction of sp³-hybridized carbons (Fsp3) is 0.222. The Labute approximate surface area is 147 Å². The smallest absolute Gasteiger partial charge is 0.417 e. The largest absolute Gasteiger partial charge is 0.482 e. The number of hydrogen-bond donors (Lipinski definition) is 1. The molecule has 1 N–H and O–H groups in total. The molecule has 2 aromatic rings. The molecule has 0 saturated carbocycles. The third-order valence-electron chi connectivity index (χ3n) is 3.23. The van der Waals surface area contributed by atoms with E-state index in [-0.39, 0.29) is 24.7 Å². The van der Waals surface area contributed by atoms with Gasteiger partial charge in [0.15, 0.2) is 6.61 Å². The summed E-state index contributed by atoms with van der Waals surface area (Å²) < 4.78 is 49.0. The van der Waals surface area contributed by atoms with Gasteiger partial charge in [0, 0.05) is 11.8 Å². The number of alkyl halides is 3. The van der Waals surface area contributed by atoms with Crippen molar-refractivity contribution in [2.24, 2.45) is 0 Å². The average molecular weight is 367 g/mol. The number of carbonyl (C=O) groups excluding carboxylic acids is 2. The Morgan fingerprint density at radius 3 is 2.50 bits per heavy atom. The summed E-state index contributed by atoms with van der Waals surface area (Å²) in [4.78, 5) is 23.5. The first kappa shape index (κ1) is 19.3. The van der Waals surface area contributed by atoms with E-state index in [1.165, 1.54) is 30.3 Å². The van der Waals surface area contributed by atoms with Gasteiger partial charge < -0.3 is 14.8 Å². The minimum atomic E-state index is -4.64. The van der Waals surface area contributed by atoms with Crippen molar-refractivity contribution in [3.63, 3.8) is 0 Å². The molecule has 0 aliphatic heterocycles. The summed E-state index contributed by atoms with van der Waals surface area (Å²) in [6, 6.07) is 10.5. The van der Waals surface area contributed by atoms with Crippen LogP contribution in [0.15, 0.2) is 48.5 Å². The van der Waals surface area contributed by atoms with Gasteiger partial charge in [0.1, 0.15) is 5.75 Å². The van der Waals surface area contributed by atoms with Gasteiger partial charge in [-0.2, -0.15) is 13.2 Å². The highest BCUT2D eigenvalue weighted by Crippen LogP contribution is 2.32. The molecule has 26 heavy (non-hydrogen) atoms. The minimum Gasteiger partial charge on any atom is -0.482 e. The number of amides is 1. The highest BCUT2D eigenvalue weighted by molar-refractivity contribution is 6.05. The third kappa shape index (κ3) is 5.23. The van der Waals surface area contributed by atoms with E-state index >= 15 is 0 Å². The number of rotatable bonds is 6. The van der Waals surface area contributed by atoms with Gasteiger partial charge in [0.2, 0.25) is 0 Å². The molecule has 0 spiro atoms. The van der Waals surface area contributed by atoms with E-state index in [0.29, 0.717) is 0 Å². The van der Waals surface area contributed by atoms with Gasteiger partial charge >= 0.3 is 12.1 Å². The van der Waals surface area contributed by atoms with Gasteiger partial charge in [0.05, 0.1) is 17.7 Å². The summed E-state index contributed by atoms with van der Waals surface area (Å²) in [5.74, 6) is -1.19. The first-order chi connectivity index (χ1) is 12.3. The minimum absolute atomic E-state index is 0.219. The van der Waals surface area contributed by atoms with Crippen LogP contribution in [0.5, 0.6) is 5.75 Å². The van der Waals surface area contributed by atoms with Crippen molar-refractivity contribution in [3.8, 4) is 5.75 Å². The molecule has 0 aromatic heterocycles. The third-order valence-corrected chi connectivity index (χ3v) is 3.23. The van der Waals surface area contributed by atoms with Crippen molar-refractivity contribution in [1.82, 2.24) is 0 Å². The van der Waals surface area contributed by atoms with Crippen LogP contribution in [-0.4, -0.2) is 25.1 Å². The lowest BCUT2D eigenvalue weighted by molar-refractivity contribution is -0.145. The topological polar surface area (TPSA) is 64.6 Å². The summed E-state index contributed by atoms with van der Waals surface area (Å²) in [6.07, 6.45) is -4.64. The van der Waals surface area contributed by atoms with Gasteiger partial charge in [-0.25, -0.2) is 4.79 Å². The predicted octanol–water partition coefficient (Wildman–Crippen LogP) is 3.90. The highest BCUT2D eigenvalue weighted by atomic mass is 19.4. The Morgan fingerprint density at radius 2 is 1.81 bits per heavy atom. The standard InChI is InChI=1S/C18H16F3NO4/c1-2-25-16(23)11-26-13-7-5-6-12(10-13)22-17(24)14-8-3-4-9-15(14)18(19,20)21/h3-10H,2,11H2,1H3,(H,22,24). The zero-order valence-electron chi connectivity index (χ0n) is 13.8. The molecule has 0 radical (unpaired) electrons. The molecule has 0 bridgehead atoms. The van der Waals surface area contributed by atoms with E-state index in [1.807, 2.05) is 0 Å². The Morgan fingerprint density at radius 1 is 1.08 bits per heavy atom. The van der Waals surface area contributed by atoms with Crippen molar-refractivity contribution < 1.29 is 32.2 Å². The second kappa shape index (κ2) is 8.37. The quantitative estimate of drug-likeness (QED) is 0.787. The van der Waals surface area contributed by atoms with Crippen LogP contribution in [0.25, 0.3) is 0 Å². The molecule has 1 amide bonds. The molecule has 0 saturated heterocycles. The van der Waals surface area contributed by atoms with Crippen LogP contribution >= 0.6 is 0 Å². The van der Waals surface area contributed by atoms with Crippen LogP contribution in [0.4, 0.5) is 18.9 Å². The van der Waals surface area contributed by atoms with E-state index in [2.05, 4.69) is 5.32 Å². The molecule has 0 aliphatic carbocycles. The van der Waals surface area contributed by atoms with Crippen LogP contribution in [-0.2, 0) is 15.7 Å². The van der Waals surface area contributed by atoms with E-state index < -0.39 is 29.2 Å². The SMILES string of the molecule is CCOC(=O)COc1cccc(NC(=O)c2ccccc2C(F)(F)F)c1. The fourth-order valence-electron chi connectivity index (χ4n) is 2.14. The van der Waals surface area contributed by atoms with Crippen molar-refractivity contribution in [3.05, 3.63) is 59.7 Å². The number of ether oxygens (including phenoxy) is 2. The van der Waals surface area contributed by atoms with Crippen LogP contribution < -0.4 is 10.1 Å². The zero-order chi connectivity index (χ0) is 19.2. The second-order valence-corrected chi connectivity index (χ2v) is 5.12. The molecule has 0 fully saturated rings. The Kier molecular flexibility index (Phi) is 6.21. The zero-order valence-corrected chi connectivity index (χ0v) is 13.8. The van der Waals surface area contributed by atoms with Crippen LogP contribution in [0.1, 0.15) is 22.8 Å². The van der Waals surface area contributed by atoms with Crippen LogP contribution in [0.3, 0.4) is 0 Å². The maximum absolute atomic E-state index is 13.0. The molecule has 5 nitrogen and oxygen atoms in total. The number of nitrogens with one attached hydrogen (secondary N) is 1. The van der Waals surface area contributed by atoms with E-state index in [9.17, 15) is 22.8 Å². The van der Waals surface area contributed by atoms with Crippen molar-refractivity contribution in [1.29, 1.82) is 0 Å². The van der Waals surface area contributed by atoms with E-state index in [4.69, 9.17) is 9.47 Å². The lowest BCUT2D eigenvalue weighted by atomic mass is 10.1. The number of halogens is 3. The number of esters is 1. The first-order valence-corrected chi connectivity index (χ1v) is 7.67. The molecular weight excluding hydrogens is 351 g/mol. The van der Waals surface area contributed by atoms with Crippen LogP contribution in [0, 0.1) is 0 Å². The molecule has 0 aliphatic rings. The Bertz CT molecular complexity index is 790. The van der Waals surface area contributed by atoms with Crippen molar-refractivity contribution in [2.45, 2.75) is 13.1 Å². The predicted molar refractivity (Wildman–Crippen MR) is 88.0 cm³/mol. The summed E-state index contributed by atoms with van der Waals surface area (Å²) in [5.41, 5.74) is -1.28. The normalized spacial score (nSPS) is 10.9. The maximum atomic E-state index is 13.0. The van der Waals surface area contributed by atoms with Gasteiger partial charge in [-0.1, -0.05) is 18.2 Å². The van der Waals surface area contributed by atoms with Gasteiger partial charge in [-0.3, -0.25) is 4.79 Å². The number of benzene rings is 2. The number of hydrogen-bond acceptors (Lipinski definition) is 4. The molecule has 2 aromatic carbocycles. The van der Waals surface area contributed by atoms with Gasteiger partial charge in [-0.15, -0.1) is 0 Å². The molecule has 8 heteroatoms. The van der Waals surface area contributed by atoms with Crippen molar-refractivity contribution >= 4 is 17.6 Å². The van der Waals surface area contributed by atoms with Crippen LogP contribution in [0.2, 0.25) is 0 Å². The van der Waals surface area contributed by atoms with E-state index in [0.717, 1.165) is 12.1 Å². The first-order valence-electron chi connectivity index (χ1n) is 7.67. The number of carbonyl (C=O) groups is 2. The molecule has 2 rings (SSSR count). The molecule has 0 unspecified atom stereocenters. The maximum Gasteiger partial charge on any atom is 0.417 e. The molecule has 0 heterocycles. The summed E-state index contributed by atoms with van der Waals surface area (Å²) in [7, 11) is 0. The lowest BCUT2D eigenvalue weighted by Gasteiger charge is -2.13. The summed E-state index contributed by atoms with van der Waals surface area (Å²) >= 11 is 0. The van der Waals surface area contributed by atoms with Crippen molar-refractivity contribution in [2.75, 3.05) is 18.5 Å². The summed E-state index contributed by atoms with van der Waals surface area (Å²) in [5, 5.41) is 2.39. The fourth-order valence-corrected chi connectivity index (χ4v) is 2.14. The van der Waals surface area contributed by atoms with Gasteiger partial charge in [0.25, 0.3) is 5.91 Å². The Hall–Kier alpha value is -3.03.